The molecule has 6 heteroatoms. The van der Waals surface area contributed by atoms with E-state index in [-0.39, 0.29) is 30.7 Å². The van der Waals surface area contributed by atoms with Gasteiger partial charge in [0.15, 0.2) is 0 Å². The number of aromatic nitrogens is 1. The number of nitrogens with zero attached hydrogens (tertiary/aromatic N) is 1. The van der Waals surface area contributed by atoms with Crippen molar-refractivity contribution >= 4 is 47.3 Å². The minimum atomic E-state index is 0. The highest BCUT2D eigenvalue weighted by Gasteiger charge is 2.34. The second-order valence-electron chi connectivity index (χ2n) is 6.60. The Hall–Kier alpha value is -1.36. The summed E-state index contributed by atoms with van der Waals surface area (Å²) in [7, 11) is 0. The minimum absolute atomic E-state index is 0. The van der Waals surface area contributed by atoms with Gasteiger partial charge >= 0.3 is 0 Å². The van der Waals surface area contributed by atoms with Gasteiger partial charge in [0.05, 0.1) is 11.2 Å². The predicted molar refractivity (Wildman–Crippen MR) is 102 cm³/mol. The molecule has 2 N–H and O–H groups in total. The van der Waals surface area contributed by atoms with Crippen LogP contribution in [0.2, 0.25) is 0 Å². The lowest BCUT2D eigenvalue weighted by Gasteiger charge is -2.28. The molecule has 0 spiro atoms. The number of benzene rings is 1. The van der Waals surface area contributed by atoms with Gasteiger partial charge in [-0.15, -0.1) is 24.8 Å². The van der Waals surface area contributed by atoms with Gasteiger partial charge in [0, 0.05) is 30.1 Å². The highest BCUT2D eigenvalue weighted by molar-refractivity contribution is 6.00. The van der Waals surface area contributed by atoms with Crippen LogP contribution < -0.4 is 10.6 Å². The fraction of sp³-hybridized carbons (Fsp3) is 0.444. The zero-order valence-electron chi connectivity index (χ0n) is 13.4. The number of nitrogens with one attached hydrogen (secondary N) is 2. The average Bonchev–Trinajstić information content (AvgIpc) is 2.86. The summed E-state index contributed by atoms with van der Waals surface area (Å²) < 4.78 is 0. The molecule has 3 heterocycles. The Morgan fingerprint density at radius 2 is 1.88 bits per heavy atom. The van der Waals surface area contributed by atoms with Crippen LogP contribution in [0.15, 0.2) is 36.5 Å². The fourth-order valence-electron chi connectivity index (χ4n) is 4.02. The molecule has 2 unspecified atom stereocenters. The van der Waals surface area contributed by atoms with Crippen LogP contribution in [0.4, 0.5) is 5.69 Å². The van der Waals surface area contributed by atoms with Crippen molar-refractivity contribution in [3.63, 3.8) is 0 Å². The molecule has 130 valence electrons. The molecule has 4 nitrogen and oxygen atoms in total. The molecular formula is C18H23Cl2N3O. The third-order valence-electron chi connectivity index (χ3n) is 4.96. The number of amides is 1. The highest BCUT2D eigenvalue weighted by atomic mass is 35.5. The number of pyridine rings is 1. The maximum absolute atomic E-state index is 12.4. The highest BCUT2D eigenvalue weighted by Crippen LogP contribution is 2.33. The van der Waals surface area contributed by atoms with Crippen molar-refractivity contribution < 1.29 is 4.79 Å². The van der Waals surface area contributed by atoms with Crippen molar-refractivity contribution in [1.82, 2.24) is 10.3 Å². The second kappa shape index (κ2) is 8.15. The molecule has 1 amide bonds. The molecule has 2 atom stereocenters. The molecule has 2 aliphatic heterocycles. The molecule has 4 rings (SSSR count). The number of anilines is 1. The number of hydrogen-bond acceptors (Lipinski definition) is 3. The summed E-state index contributed by atoms with van der Waals surface area (Å²) in [5, 5.41) is 7.71. The van der Waals surface area contributed by atoms with Gasteiger partial charge in [0.25, 0.3) is 0 Å². The average molecular weight is 368 g/mol. The number of carbonyl (C=O) groups is 1. The molecule has 0 aliphatic carbocycles. The Labute approximate surface area is 154 Å². The third kappa shape index (κ3) is 4.00. The van der Waals surface area contributed by atoms with E-state index < -0.39 is 0 Å². The minimum Gasteiger partial charge on any atom is -0.325 e. The van der Waals surface area contributed by atoms with E-state index in [2.05, 4.69) is 15.6 Å². The molecule has 2 aromatic rings. The lowest BCUT2D eigenvalue weighted by molar-refractivity contribution is -0.117. The SMILES string of the molecule is Cl.Cl.O=C(CC1CC2CCC(C1)N2)Nc1cccc2ncccc12. The number of rotatable bonds is 3. The molecule has 2 fully saturated rings. The molecule has 2 aliphatic rings. The van der Waals surface area contributed by atoms with E-state index in [1.54, 1.807) is 6.20 Å². The first-order valence-electron chi connectivity index (χ1n) is 8.17. The van der Waals surface area contributed by atoms with Crippen LogP contribution in [-0.4, -0.2) is 23.0 Å². The molecule has 2 saturated heterocycles. The molecule has 1 aromatic heterocycles. The zero-order valence-corrected chi connectivity index (χ0v) is 15.0. The molecule has 0 radical (unpaired) electrons. The first kappa shape index (κ1) is 19.0. The summed E-state index contributed by atoms with van der Waals surface area (Å²) in [5.74, 6) is 0.648. The number of piperidine rings is 1. The predicted octanol–water partition coefficient (Wildman–Crippen LogP) is 3.94. The Kier molecular flexibility index (Phi) is 6.44. The summed E-state index contributed by atoms with van der Waals surface area (Å²) >= 11 is 0. The van der Waals surface area contributed by atoms with Gasteiger partial charge in [0.2, 0.25) is 5.91 Å². The van der Waals surface area contributed by atoms with Crippen molar-refractivity contribution in [2.24, 2.45) is 5.92 Å². The van der Waals surface area contributed by atoms with Crippen molar-refractivity contribution in [2.75, 3.05) is 5.32 Å². The van der Waals surface area contributed by atoms with Crippen molar-refractivity contribution in [1.29, 1.82) is 0 Å². The number of halogens is 2. The first-order chi connectivity index (χ1) is 10.8. The van der Waals surface area contributed by atoms with Gasteiger partial charge in [-0.1, -0.05) is 6.07 Å². The second-order valence-corrected chi connectivity index (χ2v) is 6.60. The molecule has 24 heavy (non-hydrogen) atoms. The number of fused-ring (bicyclic) bond motifs is 3. The lowest BCUT2D eigenvalue weighted by atomic mass is 9.89. The maximum Gasteiger partial charge on any atom is 0.224 e. The van der Waals surface area contributed by atoms with Gasteiger partial charge < -0.3 is 10.6 Å². The summed E-state index contributed by atoms with van der Waals surface area (Å²) in [5.41, 5.74) is 1.78. The summed E-state index contributed by atoms with van der Waals surface area (Å²) in [6.07, 6.45) is 7.24. The van der Waals surface area contributed by atoms with Crippen LogP contribution in [0.3, 0.4) is 0 Å². The van der Waals surface area contributed by atoms with E-state index in [0.717, 1.165) is 29.4 Å². The Balaban J connectivity index is 0.00000104. The monoisotopic (exact) mass is 367 g/mol. The molecular weight excluding hydrogens is 345 g/mol. The molecule has 1 aromatic carbocycles. The third-order valence-corrected chi connectivity index (χ3v) is 4.96. The van der Waals surface area contributed by atoms with E-state index in [9.17, 15) is 4.79 Å². The Morgan fingerprint density at radius 1 is 1.12 bits per heavy atom. The lowest BCUT2D eigenvalue weighted by Crippen LogP contribution is -2.39. The van der Waals surface area contributed by atoms with Crippen LogP contribution in [0, 0.1) is 5.92 Å². The zero-order chi connectivity index (χ0) is 14.9. The Morgan fingerprint density at radius 3 is 2.62 bits per heavy atom. The Bertz CT molecular complexity index is 692. The molecule has 2 bridgehead atoms. The van der Waals surface area contributed by atoms with Gasteiger partial charge in [-0.05, 0) is 55.9 Å². The van der Waals surface area contributed by atoms with Crippen molar-refractivity contribution in [2.45, 2.75) is 44.2 Å². The summed E-state index contributed by atoms with van der Waals surface area (Å²) in [4.78, 5) is 16.7. The van der Waals surface area contributed by atoms with Crippen LogP contribution in [0.1, 0.15) is 32.1 Å². The van der Waals surface area contributed by atoms with Crippen LogP contribution in [-0.2, 0) is 4.79 Å². The van der Waals surface area contributed by atoms with Crippen molar-refractivity contribution in [3.8, 4) is 0 Å². The van der Waals surface area contributed by atoms with Crippen molar-refractivity contribution in [3.05, 3.63) is 36.5 Å². The number of hydrogen-bond donors (Lipinski definition) is 2. The standard InChI is InChI=1S/C18H21N3O.2ClH/c22-18(11-12-9-13-6-7-14(10-12)20-13)21-17-5-1-4-16-15(17)3-2-8-19-16;;/h1-5,8,12-14,20H,6-7,9-11H2,(H,21,22);2*1H. The maximum atomic E-state index is 12.4. The van der Waals surface area contributed by atoms with E-state index in [4.69, 9.17) is 0 Å². The quantitative estimate of drug-likeness (QED) is 0.863. The van der Waals surface area contributed by atoms with Crippen LogP contribution in [0.5, 0.6) is 0 Å². The normalized spacial score (nSPS) is 24.8. The van der Waals surface area contributed by atoms with Gasteiger partial charge in [-0.2, -0.15) is 0 Å². The topological polar surface area (TPSA) is 54.0 Å². The number of carbonyl (C=O) groups excluding carboxylic acids is 1. The van der Waals surface area contributed by atoms with E-state index in [0.29, 0.717) is 24.4 Å². The van der Waals surface area contributed by atoms with E-state index >= 15 is 0 Å². The van der Waals surface area contributed by atoms with Gasteiger partial charge in [-0.3, -0.25) is 9.78 Å². The smallest absolute Gasteiger partial charge is 0.224 e. The first-order valence-corrected chi connectivity index (χ1v) is 8.17. The largest absolute Gasteiger partial charge is 0.325 e. The molecule has 0 saturated carbocycles. The van der Waals surface area contributed by atoms with Gasteiger partial charge in [0.1, 0.15) is 0 Å². The van der Waals surface area contributed by atoms with Crippen LogP contribution >= 0.6 is 24.8 Å². The van der Waals surface area contributed by atoms with E-state index in [1.807, 2.05) is 30.3 Å². The summed E-state index contributed by atoms with van der Waals surface area (Å²) in [6.45, 7) is 0. The summed E-state index contributed by atoms with van der Waals surface area (Å²) in [6, 6.07) is 11.0. The van der Waals surface area contributed by atoms with E-state index in [1.165, 1.54) is 12.8 Å². The fourth-order valence-corrected chi connectivity index (χ4v) is 4.02. The van der Waals surface area contributed by atoms with Crippen LogP contribution in [0.25, 0.3) is 10.9 Å². The van der Waals surface area contributed by atoms with Gasteiger partial charge in [-0.25, -0.2) is 0 Å².